The topological polar surface area (TPSA) is 102 Å². The Balaban J connectivity index is 1.77. The van der Waals surface area contributed by atoms with Crippen LogP contribution in [0.3, 0.4) is 0 Å². The third kappa shape index (κ3) is 3.62. The average molecular weight is 346 g/mol. The molecule has 132 valence electrons. The van der Waals surface area contributed by atoms with E-state index in [4.69, 9.17) is 10.5 Å². The first-order valence-electron chi connectivity index (χ1n) is 7.92. The average Bonchev–Trinajstić information content (AvgIpc) is 2.54. The fraction of sp³-hybridized carbons (Fsp3) is 0.353. The van der Waals surface area contributed by atoms with Crippen molar-refractivity contribution in [1.82, 2.24) is 9.97 Å². The second-order valence-electron chi connectivity index (χ2n) is 6.07. The Labute approximate surface area is 144 Å². The Morgan fingerprint density at radius 2 is 2.04 bits per heavy atom. The van der Waals surface area contributed by atoms with E-state index in [-0.39, 0.29) is 24.5 Å². The molecule has 0 spiro atoms. The van der Waals surface area contributed by atoms with Crippen molar-refractivity contribution < 1.29 is 19.0 Å². The highest BCUT2D eigenvalue weighted by molar-refractivity contribution is 5.78. The number of halogens is 1. The van der Waals surface area contributed by atoms with E-state index in [0.717, 1.165) is 5.69 Å². The van der Waals surface area contributed by atoms with Gasteiger partial charge in [0, 0.05) is 43.8 Å². The first-order chi connectivity index (χ1) is 11.9. The molecular weight excluding hydrogens is 327 g/mol. The Bertz CT molecular complexity index is 771. The molecule has 7 nitrogen and oxygen atoms in total. The summed E-state index contributed by atoms with van der Waals surface area (Å²) in [6.45, 7) is 2.68. The number of carbonyl (C=O) groups is 1. The minimum Gasteiger partial charge on any atom is -0.478 e. The lowest BCUT2D eigenvalue weighted by Gasteiger charge is -2.39. The van der Waals surface area contributed by atoms with Crippen LogP contribution >= 0.6 is 0 Å². The summed E-state index contributed by atoms with van der Waals surface area (Å²) in [5.74, 6) is -0.481. The van der Waals surface area contributed by atoms with Gasteiger partial charge in [-0.15, -0.1) is 0 Å². The Morgan fingerprint density at radius 3 is 2.64 bits per heavy atom. The normalized spacial score (nSPS) is 16.5. The molecule has 25 heavy (non-hydrogen) atoms. The highest BCUT2D eigenvalue weighted by atomic mass is 19.1. The van der Waals surface area contributed by atoms with Gasteiger partial charge in [0.25, 0.3) is 0 Å². The molecule has 0 bridgehead atoms. The largest absolute Gasteiger partial charge is 0.478 e. The number of anilines is 2. The molecule has 1 aliphatic heterocycles. The number of ether oxygens (including phenoxy) is 1. The molecule has 3 rings (SSSR count). The van der Waals surface area contributed by atoms with Gasteiger partial charge in [0.1, 0.15) is 17.4 Å². The van der Waals surface area contributed by atoms with Crippen LogP contribution in [-0.4, -0.2) is 39.7 Å². The molecule has 0 saturated carbocycles. The van der Waals surface area contributed by atoms with Crippen LogP contribution in [-0.2, 0) is 4.79 Å². The first-order valence-corrected chi connectivity index (χ1v) is 7.92. The SMILES string of the molecule is Cc1cc(N2CCC(Oc3cccc(F)c3)(C(=O)O)CC2)nc(N)n1. The summed E-state index contributed by atoms with van der Waals surface area (Å²) < 4.78 is 19.0. The number of carboxylic acid groups (broad SMARTS) is 1. The number of piperidine rings is 1. The summed E-state index contributed by atoms with van der Waals surface area (Å²) >= 11 is 0. The monoisotopic (exact) mass is 346 g/mol. The lowest BCUT2D eigenvalue weighted by Crippen LogP contribution is -2.53. The number of hydrogen-bond acceptors (Lipinski definition) is 6. The van der Waals surface area contributed by atoms with E-state index in [0.29, 0.717) is 18.9 Å². The summed E-state index contributed by atoms with van der Waals surface area (Å²) in [5, 5.41) is 9.68. The second kappa shape index (κ2) is 6.54. The summed E-state index contributed by atoms with van der Waals surface area (Å²) in [4.78, 5) is 22.0. The van der Waals surface area contributed by atoms with Gasteiger partial charge in [-0.1, -0.05) is 6.07 Å². The van der Waals surface area contributed by atoms with Gasteiger partial charge in [-0.25, -0.2) is 14.2 Å². The van der Waals surface area contributed by atoms with Crippen molar-refractivity contribution >= 4 is 17.7 Å². The molecule has 1 fully saturated rings. The zero-order valence-corrected chi connectivity index (χ0v) is 13.8. The fourth-order valence-corrected chi connectivity index (χ4v) is 2.95. The van der Waals surface area contributed by atoms with Crippen LogP contribution in [0.2, 0.25) is 0 Å². The van der Waals surface area contributed by atoms with Crippen molar-refractivity contribution in [3.8, 4) is 5.75 Å². The van der Waals surface area contributed by atoms with Crippen molar-refractivity contribution in [3.63, 3.8) is 0 Å². The summed E-state index contributed by atoms with van der Waals surface area (Å²) in [5.41, 5.74) is 5.03. The van der Waals surface area contributed by atoms with Gasteiger partial charge < -0.3 is 20.5 Å². The number of benzene rings is 1. The highest BCUT2D eigenvalue weighted by Crippen LogP contribution is 2.31. The highest BCUT2D eigenvalue weighted by Gasteiger charge is 2.44. The number of nitrogen functional groups attached to an aromatic ring is 1. The molecule has 2 heterocycles. The van der Waals surface area contributed by atoms with Crippen LogP contribution < -0.4 is 15.4 Å². The third-order valence-electron chi connectivity index (χ3n) is 4.25. The smallest absolute Gasteiger partial charge is 0.348 e. The number of aryl methyl sites for hydroxylation is 1. The Hall–Kier alpha value is -2.90. The van der Waals surface area contributed by atoms with E-state index in [9.17, 15) is 14.3 Å². The predicted octanol–water partition coefficient (Wildman–Crippen LogP) is 2.01. The van der Waals surface area contributed by atoms with Gasteiger partial charge in [0.15, 0.2) is 0 Å². The lowest BCUT2D eigenvalue weighted by atomic mass is 9.91. The number of nitrogens with two attached hydrogens (primary N) is 1. The molecule has 3 N–H and O–H groups in total. The van der Waals surface area contributed by atoms with Crippen molar-refractivity contribution in [2.45, 2.75) is 25.4 Å². The van der Waals surface area contributed by atoms with Crippen LogP contribution in [0, 0.1) is 12.7 Å². The standard InChI is InChI=1S/C17H19FN4O3/c1-11-9-14(21-16(19)20-11)22-7-5-17(6-8-22,15(23)24)25-13-4-2-3-12(18)10-13/h2-4,9-10H,5-8H2,1H3,(H,23,24)(H2,19,20,21). The van der Waals surface area contributed by atoms with E-state index >= 15 is 0 Å². The van der Waals surface area contributed by atoms with Gasteiger partial charge in [-0.2, -0.15) is 4.98 Å². The Morgan fingerprint density at radius 1 is 1.32 bits per heavy atom. The fourth-order valence-electron chi connectivity index (χ4n) is 2.95. The van der Waals surface area contributed by atoms with Gasteiger partial charge in [-0.3, -0.25) is 0 Å². The molecule has 0 radical (unpaired) electrons. The van der Waals surface area contributed by atoms with E-state index in [1.165, 1.54) is 18.2 Å². The van der Waals surface area contributed by atoms with Crippen LogP contribution in [0.15, 0.2) is 30.3 Å². The summed E-state index contributed by atoms with van der Waals surface area (Å²) in [7, 11) is 0. The Kier molecular flexibility index (Phi) is 4.43. The van der Waals surface area contributed by atoms with Gasteiger partial charge in [-0.05, 0) is 19.1 Å². The molecule has 1 saturated heterocycles. The summed E-state index contributed by atoms with van der Waals surface area (Å²) in [6.07, 6.45) is 0.476. The number of aromatic nitrogens is 2. The van der Waals surface area contributed by atoms with Crippen LogP contribution in [0.25, 0.3) is 0 Å². The maximum atomic E-state index is 13.3. The van der Waals surface area contributed by atoms with Gasteiger partial charge >= 0.3 is 5.97 Å². The van der Waals surface area contributed by atoms with E-state index in [2.05, 4.69) is 9.97 Å². The maximum absolute atomic E-state index is 13.3. The van der Waals surface area contributed by atoms with Crippen molar-refractivity contribution in [2.24, 2.45) is 0 Å². The third-order valence-corrected chi connectivity index (χ3v) is 4.25. The molecular formula is C17H19FN4O3. The maximum Gasteiger partial charge on any atom is 0.348 e. The second-order valence-corrected chi connectivity index (χ2v) is 6.07. The van der Waals surface area contributed by atoms with Crippen molar-refractivity contribution in [3.05, 3.63) is 41.8 Å². The molecule has 2 aromatic rings. The number of aliphatic carboxylic acids is 1. The zero-order chi connectivity index (χ0) is 18.0. The quantitative estimate of drug-likeness (QED) is 0.873. The lowest BCUT2D eigenvalue weighted by molar-refractivity contribution is -0.157. The number of carboxylic acids is 1. The molecule has 1 aromatic carbocycles. The summed E-state index contributed by atoms with van der Waals surface area (Å²) in [6, 6.07) is 7.31. The van der Waals surface area contributed by atoms with Crippen molar-refractivity contribution in [2.75, 3.05) is 23.7 Å². The molecule has 0 atom stereocenters. The van der Waals surface area contributed by atoms with Gasteiger partial charge in [0.05, 0.1) is 0 Å². The first kappa shape index (κ1) is 16.9. The number of nitrogens with zero attached hydrogens (tertiary/aromatic N) is 3. The van der Waals surface area contributed by atoms with Crippen LogP contribution in [0.4, 0.5) is 16.2 Å². The number of rotatable bonds is 4. The van der Waals surface area contributed by atoms with E-state index < -0.39 is 17.4 Å². The van der Waals surface area contributed by atoms with Crippen LogP contribution in [0.5, 0.6) is 5.75 Å². The van der Waals surface area contributed by atoms with Crippen LogP contribution in [0.1, 0.15) is 18.5 Å². The molecule has 8 heteroatoms. The molecule has 0 amide bonds. The minimum absolute atomic E-state index is 0.182. The minimum atomic E-state index is -1.39. The molecule has 1 aromatic heterocycles. The number of hydrogen-bond donors (Lipinski definition) is 2. The van der Waals surface area contributed by atoms with E-state index in [1.807, 2.05) is 11.8 Å². The zero-order valence-electron chi connectivity index (χ0n) is 13.8. The van der Waals surface area contributed by atoms with E-state index in [1.54, 1.807) is 12.1 Å². The molecule has 1 aliphatic rings. The molecule has 0 unspecified atom stereocenters. The predicted molar refractivity (Wildman–Crippen MR) is 90.0 cm³/mol. The molecule has 0 aliphatic carbocycles. The van der Waals surface area contributed by atoms with Crippen molar-refractivity contribution in [1.29, 1.82) is 0 Å². The van der Waals surface area contributed by atoms with Gasteiger partial charge in [0.2, 0.25) is 11.5 Å².